The van der Waals surface area contributed by atoms with Crippen molar-refractivity contribution in [2.75, 3.05) is 26.2 Å². The first kappa shape index (κ1) is 19.1. The number of piperidine rings is 1. The first-order valence-corrected chi connectivity index (χ1v) is 10.2. The standard InChI is InChI=1S/C21H29N5O2/c1-25-19(14-27)23-24-20(25)16-7-10-26(11-8-16)21(28)18-5-3-2-4-17(18)12-15-6-9-22-13-15/h2-5,15-16,22,27H,6-14H2,1H3. The minimum absolute atomic E-state index is 0.103. The largest absolute Gasteiger partial charge is 0.388 e. The van der Waals surface area contributed by atoms with Crippen molar-refractivity contribution in [2.45, 2.75) is 38.2 Å². The Bertz CT molecular complexity index is 820. The van der Waals surface area contributed by atoms with Gasteiger partial charge in [0, 0.05) is 31.6 Å². The van der Waals surface area contributed by atoms with Crippen LogP contribution in [0.5, 0.6) is 0 Å². The molecule has 7 heteroatoms. The minimum atomic E-state index is -0.103. The molecule has 0 bridgehead atoms. The van der Waals surface area contributed by atoms with E-state index in [1.165, 1.54) is 12.0 Å². The molecule has 0 spiro atoms. The molecule has 0 aliphatic carbocycles. The van der Waals surface area contributed by atoms with E-state index >= 15 is 0 Å². The Morgan fingerprint density at radius 3 is 2.68 bits per heavy atom. The van der Waals surface area contributed by atoms with Crippen molar-refractivity contribution in [3.63, 3.8) is 0 Å². The van der Waals surface area contributed by atoms with Crippen molar-refractivity contribution in [1.82, 2.24) is 25.0 Å². The van der Waals surface area contributed by atoms with Crippen molar-refractivity contribution in [3.8, 4) is 0 Å². The van der Waals surface area contributed by atoms with Gasteiger partial charge in [-0.2, -0.15) is 0 Å². The zero-order valence-corrected chi connectivity index (χ0v) is 16.5. The van der Waals surface area contributed by atoms with Crippen molar-refractivity contribution in [1.29, 1.82) is 0 Å². The van der Waals surface area contributed by atoms with Crippen LogP contribution in [0.15, 0.2) is 24.3 Å². The first-order valence-electron chi connectivity index (χ1n) is 10.2. The van der Waals surface area contributed by atoms with Crippen LogP contribution in [-0.4, -0.2) is 56.9 Å². The predicted molar refractivity (Wildman–Crippen MR) is 106 cm³/mol. The van der Waals surface area contributed by atoms with Crippen molar-refractivity contribution in [3.05, 3.63) is 47.0 Å². The van der Waals surface area contributed by atoms with Gasteiger partial charge in [0.05, 0.1) is 0 Å². The molecule has 1 aromatic heterocycles. The number of aliphatic hydroxyl groups excluding tert-OH is 1. The number of hydrogen-bond acceptors (Lipinski definition) is 5. The van der Waals surface area contributed by atoms with E-state index in [-0.39, 0.29) is 18.4 Å². The number of carbonyl (C=O) groups excluding carboxylic acids is 1. The third-order valence-electron chi connectivity index (χ3n) is 6.21. The molecule has 4 rings (SSSR count). The Kier molecular flexibility index (Phi) is 5.73. The van der Waals surface area contributed by atoms with Gasteiger partial charge in [0.2, 0.25) is 0 Å². The molecule has 3 heterocycles. The second kappa shape index (κ2) is 8.41. The van der Waals surface area contributed by atoms with Crippen molar-refractivity contribution >= 4 is 5.91 Å². The summed E-state index contributed by atoms with van der Waals surface area (Å²) in [6, 6.07) is 8.08. The Balaban J connectivity index is 1.42. The fraction of sp³-hybridized carbons (Fsp3) is 0.571. The first-order chi connectivity index (χ1) is 13.7. The molecule has 2 aliphatic rings. The lowest BCUT2D eigenvalue weighted by Crippen LogP contribution is -2.38. The molecule has 2 saturated heterocycles. The van der Waals surface area contributed by atoms with Gasteiger partial charge in [-0.3, -0.25) is 4.79 Å². The van der Waals surface area contributed by atoms with Crippen LogP contribution in [0.4, 0.5) is 0 Å². The fourth-order valence-corrected chi connectivity index (χ4v) is 4.49. The summed E-state index contributed by atoms with van der Waals surface area (Å²) >= 11 is 0. The quantitative estimate of drug-likeness (QED) is 0.817. The van der Waals surface area contributed by atoms with Crippen LogP contribution >= 0.6 is 0 Å². The summed E-state index contributed by atoms with van der Waals surface area (Å²) in [6.07, 6.45) is 3.89. The molecule has 2 N–H and O–H groups in total. The number of nitrogens with one attached hydrogen (secondary N) is 1. The molecular weight excluding hydrogens is 354 g/mol. The zero-order valence-electron chi connectivity index (χ0n) is 16.5. The number of amides is 1. The topological polar surface area (TPSA) is 83.3 Å². The number of nitrogens with zero attached hydrogens (tertiary/aromatic N) is 4. The average Bonchev–Trinajstić information content (AvgIpc) is 3.37. The van der Waals surface area contributed by atoms with Crippen LogP contribution in [0.25, 0.3) is 0 Å². The van der Waals surface area contributed by atoms with E-state index in [2.05, 4.69) is 21.6 Å². The lowest BCUT2D eigenvalue weighted by Gasteiger charge is -2.32. The number of carbonyl (C=O) groups is 1. The van der Waals surface area contributed by atoms with Crippen molar-refractivity contribution in [2.24, 2.45) is 13.0 Å². The van der Waals surface area contributed by atoms with Crippen LogP contribution in [0.2, 0.25) is 0 Å². The molecule has 1 unspecified atom stereocenters. The van der Waals surface area contributed by atoms with E-state index in [4.69, 9.17) is 0 Å². The monoisotopic (exact) mass is 383 g/mol. The fourth-order valence-electron chi connectivity index (χ4n) is 4.49. The summed E-state index contributed by atoms with van der Waals surface area (Å²) in [5.41, 5.74) is 2.03. The highest BCUT2D eigenvalue weighted by atomic mass is 16.3. The van der Waals surface area contributed by atoms with Gasteiger partial charge in [-0.15, -0.1) is 10.2 Å². The molecule has 1 aromatic carbocycles. The molecule has 0 radical (unpaired) electrons. The molecular formula is C21H29N5O2. The highest BCUT2D eigenvalue weighted by Gasteiger charge is 2.29. The van der Waals surface area contributed by atoms with Crippen molar-refractivity contribution < 1.29 is 9.90 Å². The van der Waals surface area contributed by atoms with Gasteiger partial charge in [-0.1, -0.05) is 18.2 Å². The van der Waals surface area contributed by atoms with Crippen LogP contribution in [-0.2, 0) is 20.1 Å². The van der Waals surface area contributed by atoms with E-state index in [0.29, 0.717) is 11.7 Å². The molecule has 2 aromatic rings. The number of benzene rings is 1. The lowest BCUT2D eigenvalue weighted by molar-refractivity contribution is 0.0709. The molecule has 7 nitrogen and oxygen atoms in total. The third kappa shape index (κ3) is 3.82. The zero-order chi connectivity index (χ0) is 19.5. The van der Waals surface area contributed by atoms with Gasteiger partial charge in [0.25, 0.3) is 5.91 Å². The van der Waals surface area contributed by atoms with E-state index in [1.54, 1.807) is 0 Å². The second-order valence-electron chi connectivity index (χ2n) is 7.98. The van der Waals surface area contributed by atoms with E-state index in [1.807, 2.05) is 34.7 Å². The van der Waals surface area contributed by atoms with Crippen LogP contribution in [0, 0.1) is 5.92 Å². The molecule has 1 amide bonds. The SMILES string of the molecule is Cn1c(CO)nnc1C1CCN(C(=O)c2ccccc2CC2CCNC2)CC1. The summed E-state index contributed by atoms with van der Waals surface area (Å²) < 4.78 is 1.88. The van der Waals surface area contributed by atoms with Gasteiger partial charge >= 0.3 is 0 Å². The van der Waals surface area contributed by atoms with Crippen LogP contribution in [0.3, 0.4) is 0 Å². The molecule has 0 saturated carbocycles. The third-order valence-corrected chi connectivity index (χ3v) is 6.21. The molecule has 28 heavy (non-hydrogen) atoms. The average molecular weight is 383 g/mol. The van der Waals surface area contributed by atoms with Gasteiger partial charge < -0.3 is 19.9 Å². The van der Waals surface area contributed by atoms with Gasteiger partial charge in [0.15, 0.2) is 5.82 Å². The van der Waals surface area contributed by atoms with E-state index < -0.39 is 0 Å². The maximum absolute atomic E-state index is 13.2. The number of likely N-dealkylation sites (tertiary alicyclic amines) is 1. The summed E-state index contributed by atoms with van der Waals surface area (Å²) in [7, 11) is 1.90. The molecule has 2 fully saturated rings. The summed E-state index contributed by atoms with van der Waals surface area (Å²) in [6.45, 7) is 3.47. The number of aromatic nitrogens is 3. The van der Waals surface area contributed by atoms with E-state index in [0.717, 1.165) is 56.8 Å². The van der Waals surface area contributed by atoms with E-state index in [9.17, 15) is 9.90 Å². The Morgan fingerprint density at radius 1 is 1.21 bits per heavy atom. The smallest absolute Gasteiger partial charge is 0.254 e. The van der Waals surface area contributed by atoms with Crippen LogP contribution in [0.1, 0.15) is 52.8 Å². The molecule has 2 aliphatic heterocycles. The van der Waals surface area contributed by atoms with Gasteiger partial charge in [-0.05, 0) is 56.3 Å². The maximum atomic E-state index is 13.2. The summed E-state index contributed by atoms with van der Waals surface area (Å²) in [5.74, 6) is 2.54. The van der Waals surface area contributed by atoms with Crippen LogP contribution < -0.4 is 5.32 Å². The highest BCUT2D eigenvalue weighted by molar-refractivity contribution is 5.95. The maximum Gasteiger partial charge on any atom is 0.254 e. The Morgan fingerprint density at radius 2 is 2.00 bits per heavy atom. The predicted octanol–water partition coefficient (Wildman–Crippen LogP) is 1.48. The second-order valence-corrected chi connectivity index (χ2v) is 7.98. The molecule has 150 valence electrons. The van der Waals surface area contributed by atoms with Gasteiger partial charge in [0.1, 0.15) is 12.4 Å². The highest BCUT2D eigenvalue weighted by Crippen LogP contribution is 2.28. The normalized spacial score (nSPS) is 20.6. The Hall–Kier alpha value is -2.25. The minimum Gasteiger partial charge on any atom is -0.388 e. The summed E-state index contributed by atoms with van der Waals surface area (Å²) in [5, 5.41) is 21.0. The summed E-state index contributed by atoms with van der Waals surface area (Å²) in [4.78, 5) is 15.2. The number of aliphatic hydroxyl groups is 1. The number of hydrogen-bond donors (Lipinski definition) is 2. The van der Waals surface area contributed by atoms with Gasteiger partial charge in [-0.25, -0.2) is 0 Å². The Labute approximate surface area is 165 Å². The number of rotatable bonds is 5. The lowest BCUT2D eigenvalue weighted by atomic mass is 9.92. The molecule has 1 atom stereocenters.